The maximum Gasteiger partial charge on any atom is 0.243 e. The molecule has 0 amide bonds. The standard InChI is InChI=1S/C22H33NO4S/c1-2-3-18-6-8-21(9-7-18)28(24,25)23-14-20(16-27-15-19-4-5-19)22(17-23)10-12-26-13-11-22/h6-9,19-20H,2-5,10-17H2,1H3. The molecule has 2 aliphatic heterocycles. The van der Waals surface area contributed by atoms with Crippen LogP contribution in [0.15, 0.2) is 29.2 Å². The zero-order valence-electron chi connectivity index (χ0n) is 16.9. The maximum absolute atomic E-state index is 13.3. The van der Waals surface area contributed by atoms with E-state index in [1.54, 1.807) is 16.4 Å². The molecule has 1 spiro atoms. The molecule has 0 radical (unpaired) electrons. The fourth-order valence-electron chi connectivity index (χ4n) is 4.67. The Morgan fingerprint density at radius 1 is 1.14 bits per heavy atom. The average Bonchev–Trinajstić information content (AvgIpc) is 3.46. The molecule has 1 aromatic carbocycles. The average molecular weight is 408 g/mol. The lowest BCUT2D eigenvalue weighted by molar-refractivity contribution is -0.0241. The van der Waals surface area contributed by atoms with Crippen molar-refractivity contribution < 1.29 is 17.9 Å². The van der Waals surface area contributed by atoms with Gasteiger partial charge in [0.05, 0.1) is 11.5 Å². The summed E-state index contributed by atoms with van der Waals surface area (Å²) < 4.78 is 40.0. The molecular weight excluding hydrogens is 374 g/mol. The van der Waals surface area contributed by atoms with Crippen LogP contribution in [0.2, 0.25) is 0 Å². The molecule has 5 nitrogen and oxygen atoms in total. The molecule has 4 rings (SSSR count). The Labute approximate surface area is 169 Å². The lowest BCUT2D eigenvalue weighted by Crippen LogP contribution is -2.39. The lowest BCUT2D eigenvalue weighted by atomic mass is 9.72. The number of sulfonamides is 1. The largest absolute Gasteiger partial charge is 0.381 e. The third-order valence-corrected chi connectivity index (χ3v) is 8.57. The topological polar surface area (TPSA) is 55.8 Å². The summed E-state index contributed by atoms with van der Waals surface area (Å²) in [5.41, 5.74) is 1.19. The van der Waals surface area contributed by atoms with Gasteiger partial charge in [0.1, 0.15) is 0 Å². The van der Waals surface area contributed by atoms with Crippen molar-refractivity contribution in [1.29, 1.82) is 0 Å². The van der Waals surface area contributed by atoms with E-state index in [4.69, 9.17) is 9.47 Å². The Bertz CT molecular complexity index is 751. The minimum atomic E-state index is -3.47. The van der Waals surface area contributed by atoms with Crippen molar-refractivity contribution in [3.8, 4) is 0 Å². The van der Waals surface area contributed by atoms with Crippen molar-refractivity contribution in [1.82, 2.24) is 4.31 Å². The van der Waals surface area contributed by atoms with E-state index < -0.39 is 10.0 Å². The molecule has 3 fully saturated rings. The SMILES string of the molecule is CCCc1ccc(S(=O)(=O)N2CC(COCC3CC3)C3(CCOCC3)C2)cc1. The predicted octanol–water partition coefficient (Wildman–Crippen LogP) is 3.48. The second-order valence-corrected chi connectivity index (χ2v) is 10.8. The highest BCUT2D eigenvalue weighted by Crippen LogP contribution is 2.46. The first-order chi connectivity index (χ1) is 13.5. The summed E-state index contributed by atoms with van der Waals surface area (Å²) in [4.78, 5) is 0.411. The summed E-state index contributed by atoms with van der Waals surface area (Å²) in [6.07, 6.45) is 6.44. The smallest absolute Gasteiger partial charge is 0.243 e. The summed E-state index contributed by atoms with van der Waals surface area (Å²) in [5, 5.41) is 0. The van der Waals surface area contributed by atoms with Crippen molar-refractivity contribution >= 4 is 10.0 Å². The van der Waals surface area contributed by atoms with Gasteiger partial charge in [-0.05, 0) is 61.1 Å². The summed E-state index contributed by atoms with van der Waals surface area (Å²) >= 11 is 0. The molecule has 1 saturated carbocycles. The van der Waals surface area contributed by atoms with Crippen molar-refractivity contribution in [3.63, 3.8) is 0 Å². The summed E-state index contributed by atoms with van der Waals surface area (Å²) in [6, 6.07) is 7.45. The molecule has 1 unspecified atom stereocenters. The Hall–Kier alpha value is -0.950. The van der Waals surface area contributed by atoms with E-state index in [-0.39, 0.29) is 11.3 Å². The van der Waals surface area contributed by atoms with E-state index in [2.05, 4.69) is 6.92 Å². The third kappa shape index (κ3) is 4.30. The van der Waals surface area contributed by atoms with Crippen LogP contribution in [0.5, 0.6) is 0 Å². The minimum Gasteiger partial charge on any atom is -0.381 e. The second-order valence-electron chi connectivity index (χ2n) is 8.84. The highest BCUT2D eigenvalue weighted by atomic mass is 32.2. The van der Waals surface area contributed by atoms with Crippen molar-refractivity contribution in [3.05, 3.63) is 29.8 Å². The molecule has 0 aromatic heterocycles. The van der Waals surface area contributed by atoms with Gasteiger partial charge in [-0.2, -0.15) is 4.31 Å². The van der Waals surface area contributed by atoms with Gasteiger partial charge >= 0.3 is 0 Å². The second kappa shape index (κ2) is 8.42. The van der Waals surface area contributed by atoms with Crippen LogP contribution in [0.3, 0.4) is 0 Å². The molecule has 1 aromatic rings. The van der Waals surface area contributed by atoms with Crippen LogP contribution in [0.1, 0.15) is 44.6 Å². The zero-order chi connectivity index (χ0) is 19.6. The number of benzene rings is 1. The van der Waals surface area contributed by atoms with Crippen LogP contribution >= 0.6 is 0 Å². The lowest BCUT2D eigenvalue weighted by Gasteiger charge is -2.38. The molecule has 1 aliphatic carbocycles. The van der Waals surface area contributed by atoms with E-state index >= 15 is 0 Å². The number of hydrogen-bond donors (Lipinski definition) is 0. The van der Waals surface area contributed by atoms with Crippen LogP contribution in [-0.4, -0.2) is 52.2 Å². The minimum absolute atomic E-state index is 0.00295. The highest BCUT2D eigenvalue weighted by Gasteiger charge is 2.50. The molecule has 1 atom stereocenters. The normalized spacial score (nSPS) is 25.4. The molecule has 3 aliphatic rings. The van der Waals surface area contributed by atoms with Crippen LogP contribution in [-0.2, 0) is 25.9 Å². The zero-order valence-corrected chi connectivity index (χ0v) is 17.8. The van der Waals surface area contributed by atoms with Gasteiger partial charge in [-0.15, -0.1) is 0 Å². The monoisotopic (exact) mass is 407 g/mol. The number of hydrogen-bond acceptors (Lipinski definition) is 4. The number of rotatable bonds is 8. The van der Waals surface area contributed by atoms with Gasteiger partial charge in [-0.1, -0.05) is 25.5 Å². The first-order valence-electron chi connectivity index (χ1n) is 10.8. The van der Waals surface area contributed by atoms with Crippen LogP contribution in [0.4, 0.5) is 0 Å². The predicted molar refractivity (Wildman–Crippen MR) is 109 cm³/mol. The Morgan fingerprint density at radius 2 is 1.86 bits per heavy atom. The van der Waals surface area contributed by atoms with Gasteiger partial charge in [0.15, 0.2) is 0 Å². The van der Waals surface area contributed by atoms with Gasteiger partial charge < -0.3 is 9.47 Å². The van der Waals surface area contributed by atoms with Gasteiger partial charge in [-0.25, -0.2) is 8.42 Å². The van der Waals surface area contributed by atoms with E-state index in [1.165, 1.54) is 18.4 Å². The first-order valence-corrected chi connectivity index (χ1v) is 12.2. The fourth-order valence-corrected chi connectivity index (χ4v) is 6.25. The molecule has 0 bridgehead atoms. The Balaban J connectivity index is 1.49. The van der Waals surface area contributed by atoms with Crippen molar-refractivity contribution in [2.75, 3.05) is 39.5 Å². The van der Waals surface area contributed by atoms with Gasteiger partial charge in [0, 0.05) is 38.8 Å². The number of aryl methyl sites for hydroxylation is 1. The van der Waals surface area contributed by atoms with Crippen LogP contribution in [0.25, 0.3) is 0 Å². The molecule has 0 N–H and O–H groups in total. The Kier molecular flexibility index (Phi) is 6.12. The van der Waals surface area contributed by atoms with Gasteiger partial charge in [-0.3, -0.25) is 0 Å². The number of nitrogens with zero attached hydrogens (tertiary/aromatic N) is 1. The summed E-state index contributed by atoms with van der Waals surface area (Å²) in [5.74, 6) is 0.984. The van der Waals surface area contributed by atoms with E-state index in [0.29, 0.717) is 24.6 Å². The molecule has 28 heavy (non-hydrogen) atoms. The molecular formula is C22H33NO4S. The quantitative estimate of drug-likeness (QED) is 0.662. The highest BCUT2D eigenvalue weighted by molar-refractivity contribution is 7.89. The molecule has 156 valence electrons. The van der Waals surface area contributed by atoms with Crippen molar-refractivity contribution in [2.45, 2.75) is 50.3 Å². The van der Waals surface area contributed by atoms with E-state index in [0.717, 1.165) is 51.4 Å². The summed E-state index contributed by atoms with van der Waals surface area (Å²) in [6.45, 7) is 6.22. The van der Waals surface area contributed by atoms with Crippen LogP contribution < -0.4 is 0 Å². The molecule has 2 heterocycles. The molecule has 2 saturated heterocycles. The Morgan fingerprint density at radius 3 is 2.50 bits per heavy atom. The number of ether oxygens (including phenoxy) is 2. The van der Waals surface area contributed by atoms with E-state index in [9.17, 15) is 8.42 Å². The summed E-state index contributed by atoms with van der Waals surface area (Å²) in [7, 11) is -3.47. The van der Waals surface area contributed by atoms with Gasteiger partial charge in [0.2, 0.25) is 10.0 Å². The first kappa shape index (κ1) is 20.3. The van der Waals surface area contributed by atoms with Crippen LogP contribution in [0, 0.1) is 17.3 Å². The van der Waals surface area contributed by atoms with E-state index in [1.807, 2.05) is 12.1 Å². The van der Waals surface area contributed by atoms with Crippen molar-refractivity contribution in [2.24, 2.45) is 17.3 Å². The molecule has 6 heteroatoms. The third-order valence-electron chi connectivity index (χ3n) is 6.74. The fraction of sp³-hybridized carbons (Fsp3) is 0.727. The van der Waals surface area contributed by atoms with Gasteiger partial charge in [0.25, 0.3) is 0 Å². The maximum atomic E-state index is 13.3.